The fourth-order valence-electron chi connectivity index (χ4n) is 4.47. The summed E-state index contributed by atoms with van der Waals surface area (Å²) < 4.78 is 5.17. The van der Waals surface area contributed by atoms with Crippen LogP contribution < -0.4 is 10.5 Å². The van der Waals surface area contributed by atoms with Gasteiger partial charge in [0.2, 0.25) is 11.8 Å². The predicted molar refractivity (Wildman–Crippen MR) is 116 cm³/mol. The van der Waals surface area contributed by atoms with Crippen molar-refractivity contribution in [1.29, 1.82) is 0 Å². The largest absolute Gasteiger partial charge is 0.497 e. The van der Waals surface area contributed by atoms with E-state index in [4.69, 9.17) is 10.5 Å². The number of benzene rings is 1. The van der Waals surface area contributed by atoms with Gasteiger partial charge < -0.3 is 20.3 Å². The zero-order chi connectivity index (χ0) is 19.9. The molecule has 1 saturated heterocycles. The second-order valence-corrected chi connectivity index (χ2v) is 7.94. The number of aryl methyl sites for hydroxylation is 1. The molecule has 1 saturated carbocycles. The molecular weight excluding hydrogens is 390 g/mol. The van der Waals surface area contributed by atoms with Gasteiger partial charge in [-0.1, -0.05) is 18.6 Å². The summed E-state index contributed by atoms with van der Waals surface area (Å²) in [6.07, 6.45) is 5.20. The number of carbonyl (C=O) groups is 2. The fraction of sp³-hybridized carbons (Fsp3) is 0.636. The van der Waals surface area contributed by atoms with Crippen molar-refractivity contribution < 1.29 is 14.3 Å². The number of rotatable bonds is 6. The van der Waals surface area contributed by atoms with Gasteiger partial charge in [0.15, 0.2) is 0 Å². The highest BCUT2D eigenvalue weighted by molar-refractivity contribution is 5.85. The molecule has 1 aromatic carbocycles. The zero-order valence-electron chi connectivity index (χ0n) is 17.3. The summed E-state index contributed by atoms with van der Waals surface area (Å²) in [7, 11) is 1.65. The Balaban J connectivity index is 0.00000300. The summed E-state index contributed by atoms with van der Waals surface area (Å²) in [5.74, 6) is 1.66. The summed E-state index contributed by atoms with van der Waals surface area (Å²) in [6, 6.07) is 7.86. The van der Waals surface area contributed by atoms with Crippen LogP contribution in [-0.4, -0.2) is 61.4 Å². The van der Waals surface area contributed by atoms with Gasteiger partial charge in [-0.3, -0.25) is 9.59 Å². The Morgan fingerprint density at radius 2 is 1.72 bits per heavy atom. The molecule has 2 N–H and O–H groups in total. The van der Waals surface area contributed by atoms with Crippen LogP contribution in [0, 0.1) is 11.8 Å². The average Bonchev–Trinajstić information content (AvgIpc) is 3.07. The number of halogens is 1. The number of carbonyl (C=O) groups excluding carboxylic acids is 2. The molecule has 0 spiro atoms. The summed E-state index contributed by atoms with van der Waals surface area (Å²) >= 11 is 0. The number of nitrogens with two attached hydrogens (primary N) is 1. The van der Waals surface area contributed by atoms with Crippen molar-refractivity contribution in [2.45, 2.75) is 38.5 Å². The number of nitrogens with zero attached hydrogens (tertiary/aromatic N) is 2. The second-order valence-electron chi connectivity index (χ2n) is 7.94. The standard InChI is InChI=1S/C22H33N3O3.ClH/c1-28-19-9-6-17(7-10-19)8-11-21(26)24-12-3-13-25(15-14-24)22(27)20-5-2-4-18(20)16-23;/h6-7,9-10,18,20H,2-5,8,11-16,23H2,1H3;1H/t18-,20-;/m1./s1. The lowest BCUT2D eigenvalue weighted by molar-refractivity contribution is -0.137. The highest BCUT2D eigenvalue weighted by Gasteiger charge is 2.35. The van der Waals surface area contributed by atoms with Gasteiger partial charge in [0.25, 0.3) is 0 Å². The van der Waals surface area contributed by atoms with Crippen molar-refractivity contribution in [1.82, 2.24) is 9.80 Å². The van der Waals surface area contributed by atoms with Gasteiger partial charge in [-0.2, -0.15) is 0 Å². The Labute approximate surface area is 180 Å². The fourth-order valence-corrected chi connectivity index (χ4v) is 4.47. The van der Waals surface area contributed by atoms with Gasteiger partial charge in [-0.25, -0.2) is 0 Å². The Morgan fingerprint density at radius 1 is 1.03 bits per heavy atom. The summed E-state index contributed by atoms with van der Waals surface area (Å²) in [5, 5.41) is 0. The molecule has 0 radical (unpaired) electrons. The highest BCUT2D eigenvalue weighted by Crippen LogP contribution is 2.32. The van der Waals surface area contributed by atoms with Gasteiger partial charge in [0.05, 0.1) is 7.11 Å². The lowest BCUT2D eigenvalue weighted by atomic mass is 9.94. The van der Waals surface area contributed by atoms with Crippen LogP contribution in [0.3, 0.4) is 0 Å². The third kappa shape index (κ3) is 6.09. The Hall–Kier alpha value is -1.79. The number of ether oxygens (including phenoxy) is 1. The van der Waals surface area contributed by atoms with E-state index in [-0.39, 0.29) is 30.1 Å². The van der Waals surface area contributed by atoms with E-state index in [0.29, 0.717) is 32.0 Å². The van der Waals surface area contributed by atoms with Crippen molar-refractivity contribution in [2.24, 2.45) is 17.6 Å². The minimum Gasteiger partial charge on any atom is -0.497 e. The second kappa shape index (κ2) is 11.4. The minimum absolute atomic E-state index is 0. The van der Waals surface area contributed by atoms with Gasteiger partial charge in [0.1, 0.15) is 5.75 Å². The lowest BCUT2D eigenvalue weighted by Crippen LogP contribution is -2.41. The smallest absolute Gasteiger partial charge is 0.226 e. The van der Waals surface area contributed by atoms with Crippen LogP contribution in [-0.2, 0) is 16.0 Å². The van der Waals surface area contributed by atoms with Crippen LogP contribution in [0.25, 0.3) is 0 Å². The SMILES string of the molecule is COc1ccc(CCC(=O)N2CCCN(C(=O)[C@@H]3CCC[C@@H]3CN)CC2)cc1.Cl. The van der Waals surface area contributed by atoms with Crippen LogP contribution in [0.1, 0.15) is 37.7 Å². The first-order valence-corrected chi connectivity index (χ1v) is 10.5. The summed E-state index contributed by atoms with van der Waals surface area (Å²) in [4.78, 5) is 29.5. The summed E-state index contributed by atoms with van der Waals surface area (Å²) in [6.45, 7) is 3.35. The zero-order valence-corrected chi connectivity index (χ0v) is 18.2. The minimum atomic E-state index is 0. The van der Waals surface area contributed by atoms with Crippen molar-refractivity contribution in [3.05, 3.63) is 29.8 Å². The molecule has 1 heterocycles. The summed E-state index contributed by atoms with van der Waals surface area (Å²) in [5.41, 5.74) is 6.99. The molecule has 2 amide bonds. The Bertz CT molecular complexity index is 668. The molecule has 3 rings (SSSR count). The van der Waals surface area contributed by atoms with Gasteiger partial charge in [-0.15, -0.1) is 12.4 Å². The van der Waals surface area contributed by atoms with E-state index in [9.17, 15) is 9.59 Å². The molecule has 0 unspecified atom stereocenters. The van der Waals surface area contributed by atoms with Gasteiger partial charge in [-0.05, 0) is 55.8 Å². The van der Waals surface area contributed by atoms with Crippen molar-refractivity contribution >= 4 is 24.2 Å². The quantitative estimate of drug-likeness (QED) is 0.762. The molecule has 2 fully saturated rings. The lowest BCUT2D eigenvalue weighted by Gasteiger charge is -2.27. The first-order valence-electron chi connectivity index (χ1n) is 10.5. The van der Waals surface area contributed by atoms with Crippen molar-refractivity contribution in [2.75, 3.05) is 39.8 Å². The first kappa shape index (κ1) is 23.5. The van der Waals surface area contributed by atoms with Crippen LogP contribution in [0.2, 0.25) is 0 Å². The number of methoxy groups -OCH3 is 1. The average molecular weight is 424 g/mol. The third-order valence-corrected chi connectivity index (χ3v) is 6.23. The molecular formula is C22H34ClN3O3. The van der Waals surface area contributed by atoms with Gasteiger partial charge >= 0.3 is 0 Å². The van der Waals surface area contributed by atoms with Crippen LogP contribution in [0.15, 0.2) is 24.3 Å². The van der Waals surface area contributed by atoms with E-state index in [1.165, 1.54) is 0 Å². The predicted octanol–water partition coefficient (Wildman–Crippen LogP) is 2.49. The van der Waals surface area contributed by atoms with Crippen molar-refractivity contribution in [3.63, 3.8) is 0 Å². The van der Waals surface area contributed by atoms with E-state index in [0.717, 1.165) is 56.5 Å². The maximum absolute atomic E-state index is 12.9. The molecule has 0 bridgehead atoms. The van der Waals surface area contributed by atoms with Gasteiger partial charge in [0, 0.05) is 38.5 Å². The normalized spacial score (nSPS) is 22.0. The Morgan fingerprint density at radius 3 is 2.41 bits per heavy atom. The van der Waals surface area contributed by atoms with E-state index < -0.39 is 0 Å². The monoisotopic (exact) mass is 423 g/mol. The van der Waals surface area contributed by atoms with Crippen LogP contribution in [0.4, 0.5) is 0 Å². The van der Waals surface area contributed by atoms with Crippen LogP contribution in [0.5, 0.6) is 5.75 Å². The number of hydrogen-bond donors (Lipinski definition) is 1. The topological polar surface area (TPSA) is 75.9 Å². The molecule has 0 aromatic heterocycles. The maximum atomic E-state index is 12.9. The molecule has 29 heavy (non-hydrogen) atoms. The molecule has 1 aliphatic heterocycles. The first-order chi connectivity index (χ1) is 13.6. The maximum Gasteiger partial charge on any atom is 0.226 e. The van der Waals surface area contributed by atoms with E-state index in [1.807, 2.05) is 34.1 Å². The highest BCUT2D eigenvalue weighted by atomic mass is 35.5. The molecule has 162 valence electrons. The van der Waals surface area contributed by atoms with E-state index in [2.05, 4.69) is 0 Å². The van der Waals surface area contributed by atoms with E-state index >= 15 is 0 Å². The number of hydrogen-bond acceptors (Lipinski definition) is 4. The molecule has 6 nitrogen and oxygen atoms in total. The molecule has 1 aliphatic carbocycles. The number of amides is 2. The molecule has 2 aliphatic rings. The van der Waals surface area contributed by atoms with Crippen LogP contribution >= 0.6 is 12.4 Å². The molecule has 2 atom stereocenters. The van der Waals surface area contributed by atoms with E-state index in [1.54, 1.807) is 7.11 Å². The Kier molecular flexibility index (Phi) is 9.24. The van der Waals surface area contributed by atoms with Crippen molar-refractivity contribution in [3.8, 4) is 5.75 Å². The molecule has 7 heteroatoms. The third-order valence-electron chi connectivity index (χ3n) is 6.23. The molecule has 1 aromatic rings.